The Morgan fingerprint density at radius 1 is 1.41 bits per heavy atom. The van der Waals surface area contributed by atoms with Gasteiger partial charge in [0.05, 0.1) is 5.92 Å². The maximum atomic E-state index is 12.2. The molecule has 0 spiro atoms. The van der Waals surface area contributed by atoms with Gasteiger partial charge >= 0.3 is 0 Å². The predicted octanol–water partition coefficient (Wildman–Crippen LogP) is 0.570. The van der Waals surface area contributed by atoms with Crippen molar-refractivity contribution >= 4 is 5.91 Å². The third kappa shape index (κ3) is 2.63. The number of carbonyl (C=O) groups is 1. The topological polar surface area (TPSA) is 58.4 Å². The van der Waals surface area contributed by atoms with Crippen molar-refractivity contribution in [1.29, 1.82) is 0 Å². The molecule has 0 radical (unpaired) electrons. The molecule has 0 bridgehead atoms. The highest BCUT2D eigenvalue weighted by molar-refractivity contribution is 5.79. The first-order valence-corrected chi connectivity index (χ1v) is 6.88. The molecule has 2 aliphatic rings. The van der Waals surface area contributed by atoms with Gasteiger partial charge in [0, 0.05) is 25.2 Å². The quantitative estimate of drug-likeness (QED) is 0.754. The SMILES string of the molecule is CC(C)C(CN)C(=O)NC1CCN2CCCC12. The average Bonchev–Trinajstić information content (AvgIpc) is 2.83. The van der Waals surface area contributed by atoms with E-state index in [1.54, 1.807) is 0 Å². The second-order valence-corrected chi connectivity index (χ2v) is 5.74. The molecule has 2 rings (SSSR count). The summed E-state index contributed by atoms with van der Waals surface area (Å²) < 4.78 is 0. The smallest absolute Gasteiger partial charge is 0.224 e. The molecule has 3 N–H and O–H groups in total. The lowest BCUT2D eigenvalue weighted by Gasteiger charge is -2.25. The highest BCUT2D eigenvalue weighted by atomic mass is 16.2. The third-order valence-corrected chi connectivity index (χ3v) is 4.33. The van der Waals surface area contributed by atoms with Gasteiger partial charge in [-0.1, -0.05) is 13.8 Å². The molecule has 2 saturated heterocycles. The van der Waals surface area contributed by atoms with E-state index in [0.29, 0.717) is 24.5 Å². The summed E-state index contributed by atoms with van der Waals surface area (Å²) in [4.78, 5) is 14.7. The number of nitrogens with zero attached hydrogens (tertiary/aromatic N) is 1. The molecular formula is C13H25N3O. The first kappa shape index (κ1) is 12.8. The van der Waals surface area contributed by atoms with E-state index >= 15 is 0 Å². The lowest BCUT2D eigenvalue weighted by Crippen LogP contribution is -2.47. The second kappa shape index (κ2) is 5.36. The lowest BCUT2D eigenvalue weighted by atomic mass is 9.94. The highest BCUT2D eigenvalue weighted by Gasteiger charge is 2.38. The number of amides is 1. The molecule has 0 aromatic heterocycles. The number of hydrogen-bond acceptors (Lipinski definition) is 3. The number of hydrogen-bond donors (Lipinski definition) is 2. The van der Waals surface area contributed by atoms with Crippen molar-refractivity contribution in [2.24, 2.45) is 17.6 Å². The van der Waals surface area contributed by atoms with Gasteiger partial charge in [-0.05, 0) is 31.7 Å². The standard InChI is InChI=1S/C13H25N3O/c1-9(2)10(8-14)13(17)15-11-5-7-16-6-3-4-12(11)16/h9-12H,3-8,14H2,1-2H3,(H,15,17). The van der Waals surface area contributed by atoms with E-state index in [0.717, 1.165) is 13.0 Å². The van der Waals surface area contributed by atoms with Crippen molar-refractivity contribution < 1.29 is 4.79 Å². The Morgan fingerprint density at radius 2 is 2.18 bits per heavy atom. The molecule has 4 nitrogen and oxygen atoms in total. The zero-order valence-corrected chi connectivity index (χ0v) is 11.0. The summed E-state index contributed by atoms with van der Waals surface area (Å²) in [6.45, 7) is 6.93. The van der Waals surface area contributed by atoms with Gasteiger partial charge in [-0.3, -0.25) is 9.69 Å². The average molecular weight is 239 g/mol. The number of nitrogens with one attached hydrogen (secondary N) is 1. The molecule has 0 aromatic carbocycles. The van der Waals surface area contributed by atoms with Crippen LogP contribution < -0.4 is 11.1 Å². The summed E-state index contributed by atoms with van der Waals surface area (Å²) in [6.07, 6.45) is 3.62. The van der Waals surface area contributed by atoms with Gasteiger partial charge in [0.1, 0.15) is 0 Å². The largest absolute Gasteiger partial charge is 0.351 e. The Labute approximate surface area is 104 Å². The summed E-state index contributed by atoms with van der Waals surface area (Å²) in [5.41, 5.74) is 5.68. The summed E-state index contributed by atoms with van der Waals surface area (Å²) in [5, 5.41) is 3.22. The van der Waals surface area contributed by atoms with Crippen LogP contribution in [0.1, 0.15) is 33.1 Å². The molecule has 0 saturated carbocycles. The van der Waals surface area contributed by atoms with E-state index in [-0.39, 0.29) is 11.8 Å². The minimum atomic E-state index is -0.0366. The Kier molecular flexibility index (Phi) is 4.05. The van der Waals surface area contributed by atoms with E-state index in [4.69, 9.17) is 5.73 Å². The molecule has 3 atom stereocenters. The van der Waals surface area contributed by atoms with E-state index in [2.05, 4.69) is 24.1 Å². The third-order valence-electron chi connectivity index (χ3n) is 4.33. The van der Waals surface area contributed by atoms with Crippen LogP contribution in [0, 0.1) is 11.8 Å². The van der Waals surface area contributed by atoms with Crippen LogP contribution in [-0.4, -0.2) is 42.5 Å². The molecular weight excluding hydrogens is 214 g/mol. The maximum Gasteiger partial charge on any atom is 0.224 e. The number of carbonyl (C=O) groups excluding carboxylic acids is 1. The Bertz CT molecular complexity index is 280. The van der Waals surface area contributed by atoms with Crippen molar-refractivity contribution in [3.63, 3.8) is 0 Å². The number of nitrogens with two attached hydrogens (primary N) is 1. The van der Waals surface area contributed by atoms with Gasteiger partial charge in [-0.15, -0.1) is 0 Å². The van der Waals surface area contributed by atoms with Crippen LogP contribution in [-0.2, 0) is 4.79 Å². The summed E-state index contributed by atoms with van der Waals surface area (Å²) in [5.74, 6) is 0.438. The highest BCUT2D eigenvalue weighted by Crippen LogP contribution is 2.28. The van der Waals surface area contributed by atoms with Crippen LogP contribution >= 0.6 is 0 Å². The van der Waals surface area contributed by atoms with Crippen LogP contribution in [0.25, 0.3) is 0 Å². The Hall–Kier alpha value is -0.610. The zero-order valence-electron chi connectivity index (χ0n) is 11.0. The molecule has 17 heavy (non-hydrogen) atoms. The van der Waals surface area contributed by atoms with Crippen LogP contribution in [0.5, 0.6) is 0 Å². The first-order chi connectivity index (χ1) is 8.13. The summed E-state index contributed by atoms with van der Waals surface area (Å²) in [7, 11) is 0. The maximum absolute atomic E-state index is 12.2. The molecule has 2 heterocycles. The summed E-state index contributed by atoms with van der Waals surface area (Å²) in [6, 6.07) is 0.947. The molecule has 2 fully saturated rings. The van der Waals surface area contributed by atoms with Crippen LogP contribution in [0.2, 0.25) is 0 Å². The van der Waals surface area contributed by atoms with Crippen molar-refractivity contribution in [1.82, 2.24) is 10.2 Å². The van der Waals surface area contributed by atoms with E-state index in [1.165, 1.54) is 19.4 Å². The van der Waals surface area contributed by atoms with Gasteiger partial charge in [0.25, 0.3) is 0 Å². The molecule has 0 aliphatic carbocycles. The molecule has 98 valence electrons. The zero-order chi connectivity index (χ0) is 12.4. The molecule has 3 unspecified atom stereocenters. The molecule has 1 amide bonds. The Balaban J connectivity index is 1.90. The van der Waals surface area contributed by atoms with Gasteiger partial charge < -0.3 is 11.1 Å². The monoisotopic (exact) mass is 239 g/mol. The molecule has 4 heteroatoms. The van der Waals surface area contributed by atoms with Crippen molar-refractivity contribution in [3.8, 4) is 0 Å². The fourth-order valence-corrected chi connectivity index (χ4v) is 3.22. The normalized spacial score (nSPS) is 30.6. The first-order valence-electron chi connectivity index (χ1n) is 6.88. The van der Waals surface area contributed by atoms with Gasteiger partial charge in [-0.25, -0.2) is 0 Å². The van der Waals surface area contributed by atoms with E-state index < -0.39 is 0 Å². The van der Waals surface area contributed by atoms with E-state index in [1.807, 2.05) is 0 Å². The second-order valence-electron chi connectivity index (χ2n) is 5.74. The number of rotatable bonds is 4. The van der Waals surface area contributed by atoms with Crippen molar-refractivity contribution in [2.75, 3.05) is 19.6 Å². The fraction of sp³-hybridized carbons (Fsp3) is 0.923. The van der Waals surface area contributed by atoms with Crippen molar-refractivity contribution in [2.45, 2.75) is 45.2 Å². The molecule has 0 aromatic rings. The summed E-state index contributed by atoms with van der Waals surface area (Å²) >= 11 is 0. The van der Waals surface area contributed by atoms with E-state index in [9.17, 15) is 4.79 Å². The fourth-order valence-electron chi connectivity index (χ4n) is 3.22. The minimum Gasteiger partial charge on any atom is -0.351 e. The van der Waals surface area contributed by atoms with Gasteiger partial charge in [0.2, 0.25) is 5.91 Å². The van der Waals surface area contributed by atoms with Crippen LogP contribution in [0.3, 0.4) is 0 Å². The van der Waals surface area contributed by atoms with Crippen LogP contribution in [0.4, 0.5) is 0 Å². The van der Waals surface area contributed by atoms with Crippen molar-refractivity contribution in [3.05, 3.63) is 0 Å². The number of fused-ring (bicyclic) bond motifs is 1. The molecule has 2 aliphatic heterocycles. The lowest BCUT2D eigenvalue weighted by molar-refractivity contribution is -0.126. The van der Waals surface area contributed by atoms with Crippen LogP contribution in [0.15, 0.2) is 0 Å². The minimum absolute atomic E-state index is 0.0366. The van der Waals surface area contributed by atoms with Gasteiger partial charge in [0.15, 0.2) is 0 Å². The Morgan fingerprint density at radius 3 is 2.82 bits per heavy atom. The van der Waals surface area contributed by atoms with Gasteiger partial charge in [-0.2, -0.15) is 0 Å². The predicted molar refractivity (Wildman–Crippen MR) is 68.5 cm³/mol.